The number of hydrogen-bond donors (Lipinski definition) is 0. The molecule has 1 aliphatic rings. The van der Waals surface area contributed by atoms with Crippen LogP contribution in [0.25, 0.3) is 0 Å². The molecule has 0 N–H and O–H groups in total. The van der Waals surface area contributed by atoms with E-state index in [1.165, 1.54) is 122 Å². The van der Waals surface area contributed by atoms with Crippen molar-refractivity contribution in [3.63, 3.8) is 0 Å². The number of nitrogens with zero attached hydrogens (tertiary/aromatic N) is 2. The summed E-state index contributed by atoms with van der Waals surface area (Å²) in [5, 5.41) is 0. The summed E-state index contributed by atoms with van der Waals surface area (Å²) in [4.78, 5) is 5.23. The first-order valence-corrected chi connectivity index (χ1v) is 13.4. The standard InChI is InChI=1S/C27H54N2/c1-5-7-9-11-13-15-17-19-21-23-28-24-25-29(26(3)4)27(28)22-20-18-16-14-12-10-8-6-2/h24-27H,5-23H2,1-4H3. The van der Waals surface area contributed by atoms with Gasteiger partial charge in [-0.3, -0.25) is 0 Å². The van der Waals surface area contributed by atoms with Gasteiger partial charge in [0.2, 0.25) is 0 Å². The molecule has 0 amide bonds. The van der Waals surface area contributed by atoms with Gasteiger partial charge in [0, 0.05) is 25.0 Å². The lowest BCUT2D eigenvalue weighted by molar-refractivity contribution is 0.114. The monoisotopic (exact) mass is 406 g/mol. The van der Waals surface area contributed by atoms with Crippen molar-refractivity contribution in [3.05, 3.63) is 12.4 Å². The van der Waals surface area contributed by atoms with Crippen LogP contribution in [0.3, 0.4) is 0 Å². The molecule has 0 fully saturated rings. The lowest BCUT2D eigenvalue weighted by atomic mass is 10.1. The Bertz CT molecular complexity index is 377. The first-order valence-electron chi connectivity index (χ1n) is 13.4. The summed E-state index contributed by atoms with van der Waals surface area (Å²) in [6.07, 6.45) is 30.8. The average Bonchev–Trinajstić information content (AvgIpc) is 3.11. The fourth-order valence-electron chi connectivity index (χ4n) is 4.65. The van der Waals surface area contributed by atoms with Crippen molar-refractivity contribution in [2.24, 2.45) is 0 Å². The quantitative estimate of drug-likeness (QED) is 0.186. The third-order valence-electron chi connectivity index (χ3n) is 6.59. The van der Waals surface area contributed by atoms with Crippen molar-refractivity contribution in [2.75, 3.05) is 6.54 Å². The Balaban J connectivity index is 2.15. The molecular formula is C27H54N2. The van der Waals surface area contributed by atoms with Crippen LogP contribution in [0.5, 0.6) is 0 Å². The van der Waals surface area contributed by atoms with Gasteiger partial charge in [0.1, 0.15) is 6.17 Å². The van der Waals surface area contributed by atoms with E-state index in [1.807, 2.05) is 0 Å². The van der Waals surface area contributed by atoms with E-state index >= 15 is 0 Å². The summed E-state index contributed by atoms with van der Waals surface area (Å²) >= 11 is 0. The molecule has 29 heavy (non-hydrogen) atoms. The highest BCUT2D eigenvalue weighted by Crippen LogP contribution is 2.24. The number of unbranched alkanes of at least 4 members (excludes halogenated alkanes) is 15. The second kappa shape index (κ2) is 18.1. The molecule has 0 aromatic heterocycles. The van der Waals surface area contributed by atoms with Gasteiger partial charge in [0.05, 0.1) is 0 Å². The van der Waals surface area contributed by atoms with Crippen molar-refractivity contribution >= 4 is 0 Å². The third kappa shape index (κ3) is 12.6. The highest BCUT2D eigenvalue weighted by Gasteiger charge is 2.26. The van der Waals surface area contributed by atoms with E-state index in [0.717, 1.165) is 0 Å². The Hall–Kier alpha value is -0.660. The van der Waals surface area contributed by atoms with E-state index in [0.29, 0.717) is 12.2 Å². The van der Waals surface area contributed by atoms with Gasteiger partial charge in [0.15, 0.2) is 0 Å². The zero-order valence-electron chi connectivity index (χ0n) is 20.6. The van der Waals surface area contributed by atoms with Crippen LogP contribution in [-0.2, 0) is 0 Å². The van der Waals surface area contributed by atoms with E-state index in [-0.39, 0.29) is 0 Å². The highest BCUT2D eigenvalue weighted by molar-refractivity contribution is 4.98. The summed E-state index contributed by atoms with van der Waals surface area (Å²) in [5.74, 6) is 0. The van der Waals surface area contributed by atoms with Crippen molar-refractivity contribution in [3.8, 4) is 0 Å². The molecule has 0 aliphatic carbocycles. The normalized spacial score (nSPS) is 16.5. The fraction of sp³-hybridized carbons (Fsp3) is 0.926. The molecule has 0 radical (unpaired) electrons. The lowest BCUT2D eigenvalue weighted by Crippen LogP contribution is -2.42. The van der Waals surface area contributed by atoms with E-state index in [4.69, 9.17) is 0 Å². The Morgan fingerprint density at radius 1 is 0.586 bits per heavy atom. The molecule has 172 valence electrons. The molecule has 1 atom stereocenters. The Kier molecular flexibility index (Phi) is 16.5. The van der Waals surface area contributed by atoms with E-state index in [9.17, 15) is 0 Å². The van der Waals surface area contributed by atoms with E-state index in [1.54, 1.807) is 0 Å². The molecule has 2 nitrogen and oxygen atoms in total. The molecule has 1 unspecified atom stereocenters. The minimum absolute atomic E-state index is 0.610. The van der Waals surface area contributed by atoms with Crippen LogP contribution in [0.2, 0.25) is 0 Å². The maximum Gasteiger partial charge on any atom is 0.101 e. The highest BCUT2D eigenvalue weighted by atomic mass is 15.4. The molecule has 1 aliphatic heterocycles. The Morgan fingerprint density at radius 3 is 1.52 bits per heavy atom. The van der Waals surface area contributed by atoms with Gasteiger partial charge in [-0.25, -0.2) is 0 Å². The Morgan fingerprint density at radius 2 is 1.03 bits per heavy atom. The number of rotatable bonds is 20. The van der Waals surface area contributed by atoms with Crippen LogP contribution in [0.15, 0.2) is 12.4 Å². The van der Waals surface area contributed by atoms with Gasteiger partial charge >= 0.3 is 0 Å². The molecule has 1 rings (SSSR count). The smallest absolute Gasteiger partial charge is 0.101 e. The first-order chi connectivity index (χ1) is 14.2. The van der Waals surface area contributed by atoms with Gasteiger partial charge in [-0.2, -0.15) is 0 Å². The summed E-state index contributed by atoms with van der Waals surface area (Å²) in [5.41, 5.74) is 0. The molecule has 0 saturated heterocycles. The molecule has 0 bridgehead atoms. The van der Waals surface area contributed by atoms with Crippen LogP contribution < -0.4 is 0 Å². The van der Waals surface area contributed by atoms with E-state index in [2.05, 4.69) is 49.9 Å². The van der Waals surface area contributed by atoms with Crippen LogP contribution in [0.1, 0.15) is 143 Å². The zero-order chi connectivity index (χ0) is 21.2. The van der Waals surface area contributed by atoms with Gasteiger partial charge in [0.25, 0.3) is 0 Å². The van der Waals surface area contributed by atoms with Crippen molar-refractivity contribution in [1.82, 2.24) is 9.80 Å². The maximum atomic E-state index is 2.64. The summed E-state index contributed by atoms with van der Waals surface area (Å²) in [6, 6.07) is 0.610. The second-order valence-corrected chi connectivity index (χ2v) is 9.65. The molecule has 0 aromatic rings. The summed E-state index contributed by atoms with van der Waals surface area (Å²) in [6.45, 7) is 10.5. The minimum atomic E-state index is 0.610. The van der Waals surface area contributed by atoms with Crippen LogP contribution in [-0.4, -0.2) is 28.6 Å². The van der Waals surface area contributed by atoms with E-state index < -0.39 is 0 Å². The molecule has 2 heteroatoms. The average molecular weight is 407 g/mol. The van der Waals surface area contributed by atoms with Gasteiger partial charge in [-0.1, -0.05) is 110 Å². The topological polar surface area (TPSA) is 6.48 Å². The first kappa shape index (κ1) is 26.4. The third-order valence-corrected chi connectivity index (χ3v) is 6.59. The largest absolute Gasteiger partial charge is 0.356 e. The zero-order valence-corrected chi connectivity index (χ0v) is 20.6. The second-order valence-electron chi connectivity index (χ2n) is 9.65. The number of hydrogen-bond acceptors (Lipinski definition) is 2. The minimum Gasteiger partial charge on any atom is -0.356 e. The summed E-state index contributed by atoms with van der Waals surface area (Å²) < 4.78 is 0. The Labute approximate surface area is 184 Å². The SMILES string of the molecule is CCCCCCCCCCCN1C=CN(C(C)C)C1CCCCCCCCCC. The molecule has 0 spiro atoms. The molecule has 1 heterocycles. The van der Waals surface area contributed by atoms with Crippen LogP contribution in [0, 0.1) is 0 Å². The predicted molar refractivity (Wildman–Crippen MR) is 131 cm³/mol. The van der Waals surface area contributed by atoms with Crippen LogP contribution >= 0.6 is 0 Å². The molecular weight excluding hydrogens is 352 g/mol. The van der Waals surface area contributed by atoms with Gasteiger partial charge in [-0.05, 0) is 33.1 Å². The van der Waals surface area contributed by atoms with Gasteiger partial charge in [-0.15, -0.1) is 0 Å². The van der Waals surface area contributed by atoms with Crippen LogP contribution in [0.4, 0.5) is 0 Å². The van der Waals surface area contributed by atoms with Crippen molar-refractivity contribution < 1.29 is 0 Å². The molecule has 0 aromatic carbocycles. The fourth-order valence-corrected chi connectivity index (χ4v) is 4.65. The van der Waals surface area contributed by atoms with Crippen molar-refractivity contribution in [2.45, 2.75) is 155 Å². The molecule has 0 saturated carbocycles. The lowest BCUT2D eigenvalue weighted by Gasteiger charge is -2.35. The van der Waals surface area contributed by atoms with Crippen molar-refractivity contribution in [1.29, 1.82) is 0 Å². The summed E-state index contributed by atoms with van der Waals surface area (Å²) in [7, 11) is 0. The maximum absolute atomic E-state index is 2.64. The van der Waals surface area contributed by atoms with Gasteiger partial charge < -0.3 is 9.80 Å². The predicted octanol–water partition coefficient (Wildman–Crippen LogP) is 8.87.